The second-order valence-electron chi connectivity index (χ2n) is 12.9. The van der Waals surface area contributed by atoms with Crippen molar-refractivity contribution in [2.24, 2.45) is 33.5 Å². The summed E-state index contributed by atoms with van der Waals surface area (Å²) in [6.45, 7) is 12.6. The van der Waals surface area contributed by atoms with Crippen LogP contribution in [0.4, 0.5) is 0 Å². The van der Waals surface area contributed by atoms with Gasteiger partial charge in [0.05, 0.1) is 31.3 Å². The number of hydrogen-bond donors (Lipinski definition) is 1. The van der Waals surface area contributed by atoms with Crippen molar-refractivity contribution in [2.75, 3.05) is 6.61 Å². The van der Waals surface area contributed by atoms with Gasteiger partial charge >= 0.3 is 5.97 Å². The zero-order valence-electron chi connectivity index (χ0n) is 22.6. The molecular weight excluding hydrogens is 468 g/mol. The predicted molar refractivity (Wildman–Crippen MR) is 137 cm³/mol. The number of esters is 1. The van der Waals surface area contributed by atoms with Crippen molar-refractivity contribution in [1.29, 1.82) is 0 Å². The van der Waals surface area contributed by atoms with E-state index in [1.807, 2.05) is 19.1 Å². The maximum atomic E-state index is 13.8. The Balaban J connectivity index is 1.54. The second kappa shape index (κ2) is 7.79. The largest absolute Gasteiger partial charge is 0.472 e. The molecule has 198 valence electrons. The summed E-state index contributed by atoms with van der Waals surface area (Å²) in [7, 11) is 0. The van der Waals surface area contributed by atoms with Gasteiger partial charge in [0.25, 0.3) is 0 Å². The molecule has 5 aliphatic rings. The van der Waals surface area contributed by atoms with Crippen molar-refractivity contribution in [1.82, 2.24) is 0 Å². The molecule has 0 spiro atoms. The van der Waals surface area contributed by atoms with Gasteiger partial charge in [0.2, 0.25) is 0 Å². The third-order valence-corrected chi connectivity index (χ3v) is 11.3. The number of allylic oxidation sites excluding steroid dienone is 3. The van der Waals surface area contributed by atoms with Crippen LogP contribution in [0.1, 0.15) is 65.9 Å². The topological polar surface area (TPSA) is 86.0 Å². The van der Waals surface area contributed by atoms with E-state index >= 15 is 0 Å². The predicted octanol–water partition coefficient (Wildman–Crippen LogP) is 5.14. The van der Waals surface area contributed by atoms with Crippen molar-refractivity contribution in [2.45, 2.75) is 78.6 Å². The Bertz CT molecular complexity index is 1240. The molecule has 6 nitrogen and oxygen atoms in total. The van der Waals surface area contributed by atoms with Crippen LogP contribution in [0.5, 0.6) is 0 Å². The van der Waals surface area contributed by atoms with Crippen LogP contribution in [0.2, 0.25) is 0 Å². The Morgan fingerprint density at radius 2 is 1.95 bits per heavy atom. The SMILES string of the molecule is C/C=C(\C)C(=O)O[C@H]1C[C@H]2[C@](C)(C3=CC[C@@H](c4ccoc4)[C@@]31C)[C@H](O)[C@@H]1OC[C@]3(C)C=CC(=O)[C@@]2(C)[C@@H]13. The van der Waals surface area contributed by atoms with E-state index < -0.39 is 34.6 Å². The summed E-state index contributed by atoms with van der Waals surface area (Å²) in [5, 5.41) is 12.1. The molecule has 0 bridgehead atoms. The number of furan rings is 1. The summed E-state index contributed by atoms with van der Waals surface area (Å²) in [6.07, 6.45) is 10.7. The Kier molecular flexibility index (Phi) is 5.24. The van der Waals surface area contributed by atoms with Crippen LogP contribution in [0.3, 0.4) is 0 Å². The molecule has 4 aliphatic carbocycles. The van der Waals surface area contributed by atoms with E-state index in [-0.39, 0.29) is 34.9 Å². The molecule has 0 amide bonds. The van der Waals surface area contributed by atoms with E-state index in [2.05, 4.69) is 33.8 Å². The molecule has 1 aromatic rings. The van der Waals surface area contributed by atoms with Gasteiger partial charge in [-0.1, -0.05) is 51.5 Å². The Hall–Kier alpha value is -2.44. The molecule has 37 heavy (non-hydrogen) atoms. The number of carbonyl (C=O) groups excluding carboxylic acids is 2. The number of hydrogen-bond acceptors (Lipinski definition) is 6. The lowest BCUT2D eigenvalue weighted by Gasteiger charge is -2.66. The molecule has 6 heteroatoms. The lowest BCUT2D eigenvalue weighted by molar-refractivity contribution is -0.215. The van der Waals surface area contributed by atoms with Crippen LogP contribution in [0, 0.1) is 33.5 Å². The number of carbonyl (C=O) groups is 2. The monoisotopic (exact) mass is 506 g/mol. The van der Waals surface area contributed by atoms with E-state index in [1.165, 1.54) is 0 Å². The van der Waals surface area contributed by atoms with Crippen LogP contribution < -0.4 is 0 Å². The van der Waals surface area contributed by atoms with Gasteiger partial charge in [0.1, 0.15) is 6.10 Å². The number of ketones is 1. The molecule has 1 N–H and O–H groups in total. The molecular formula is C31H38O6. The van der Waals surface area contributed by atoms with Crippen molar-refractivity contribution >= 4 is 11.8 Å². The van der Waals surface area contributed by atoms with E-state index in [9.17, 15) is 14.7 Å². The molecule has 6 rings (SSSR count). The van der Waals surface area contributed by atoms with E-state index in [1.54, 1.807) is 31.6 Å². The average Bonchev–Trinajstić information content (AvgIpc) is 3.60. The lowest BCUT2D eigenvalue weighted by atomic mass is 9.37. The van der Waals surface area contributed by atoms with Gasteiger partial charge in [0.15, 0.2) is 5.78 Å². The number of fused-ring (bicyclic) bond motifs is 4. The molecule has 1 aromatic heterocycles. The van der Waals surface area contributed by atoms with E-state index in [4.69, 9.17) is 13.9 Å². The van der Waals surface area contributed by atoms with Crippen LogP contribution in [0.15, 0.2) is 58.5 Å². The van der Waals surface area contributed by atoms with Gasteiger partial charge in [-0.3, -0.25) is 4.79 Å². The van der Waals surface area contributed by atoms with E-state index in [0.717, 1.165) is 17.6 Å². The minimum atomic E-state index is -0.778. The second-order valence-corrected chi connectivity index (χ2v) is 12.9. The van der Waals surface area contributed by atoms with Gasteiger partial charge in [-0.15, -0.1) is 0 Å². The number of aliphatic hydroxyl groups is 1. The normalized spacial score (nSPS) is 48.2. The maximum absolute atomic E-state index is 13.8. The van der Waals surface area contributed by atoms with Crippen molar-refractivity contribution in [3.8, 4) is 0 Å². The molecule has 0 unspecified atom stereocenters. The Morgan fingerprint density at radius 1 is 1.19 bits per heavy atom. The fourth-order valence-electron chi connectivity index (χ4n) is 9.29. The summed E-state index contributed by atoms with van der Waals surface area (Å²) >= 11 is 0. The minimum Gasteiger partial charge on any atom is -0.472 e. The van der Waals surface area contributed by atoms with Gasteiger partial charge in [0, 0.05) is 39.1 Å². The molecule has 10 atom stereocenters. The van der Waals surface area contributed by atoms with Crippen molar-refractivity contribution < 1.29 is 28.6 Å². The minimum absolute atomic E-state index is 0.0252. The molecule has 1 saturated heterocycles. The highest BCUT2D eigenvalue weighted by atomic mass is 16.5. The third-order valence-electron chi connectivity index (χ3n) is 11.3. The fourth-order valence-corrected chi connectivity index (χ4v) is 9.29. The van der Waals surface area contributed by atoms with Crippen LogP contribution in [0.25, 0.3) is 0 Å². The summed E-state index contributed by atoms with van der Waals surface area (Å²) in [5.74, 6) is -0.594. The Morgan fingerprint density at radius 3 is 2.62 bits per heavy atom. The number of aliphatic hydroxyl groups excluding tert-OH is 1. The molecule has 2 saturated carbocycles. The first-order valence-corrected chi connectivity index (χ1v) is 13.5. The van der Waals surface area contributed by atoms with Crippen LogP contribution >= 0.6 is 0 Å². The van der Waals surface area contributed by atoms with Gasteiger partial charge in [-0.2, -0.15) is 0 Å². The highest BCUT2D eigenvalue weighted by molar-refractivity contribution is 5.97. The summed E-state index contributed by atoms with van der Waals surface area (Å²) < 4.78 is 18.2. The zero-order valence-corrected chi connectivity index (χ0v) is 22.6. The van der Waals surface area contributed by atoms with Crippen LogP contribution in [-0.4, -0.2) is 41.8 Å². The number of rotatable bonds is 3. The highest BCUT2D eigenvalue weighted by Gasteiger charge is 2.76. The van der Waals surface area contributed by atoms with Gasteiger partial charge in [-0.25, -0.2) is 4.79 Å². The smallest absolute Gasteiger partial charge is 0.333 e. The first-order valence-electron chi connectivity index (χ1n) is 13.5. The van der Waals surface area contributed by atoms with Gasteiger partial charge < -0.3 is 19.0 Å². The molecule has 3 fully saturated rings. The standard InChI is InChI=1S/C31H38O6/c1-7-17(2)27(34)37-23-14-21-30(5,20-9-8-19(29(20,23)4)18-11-13-35-15-18)26(33)24-25-28(3,16-36-24)12-10-22(32)31(21,25)6/h7,9-13,15,19,21,23-26,33H,8,14,16H2,1-6H3/b17-7+/t19-,21-,23-,24+,25-,26+,28-,29-,30-,31-/m0/s1. The summed E-state index contributed by atoms with van der Waals surface area (Å²) in [5.41, 5.74) is 0.318. The van der Waals surface area contributed by atoms with Gasteiger partial charge in [-0.05, 0) is 50.3 Å². The first kappa shape index (κ1) is 24.9. The average molecular weight is 507 g/mol. The number of ether oxygens (including phenoxy) is 2. The van der Waals surface area contributed by atoms with E-state index in [0.29, 0.717) is 18.6 Å². The molecule has 1 aliphatic heterocycles. The molecule has 2 heterocycles. The lowest BCUT2D eigenvalue weighted by Crippen LogP contribution is -2.71. The summed E-state index contributed by atoms with van der Waals surface area (Å²) in [4.78, 5) is 27.0. The third kappa shape index (κ3) is 2.89. The molecule has 0 radical (unpaired) electrons. The Labute approximate surface area is 218 Å². The molecule has 0 aromatic carbocycles. The van der Waals surface area contributed by atoms with Crippen LogP contribution in [-0.2, 0) is 19.1 Å². The first-order chi connectivity index (χ1) is 17.4. The van der Waals surface area contributed by atoms with Crippen molar-refractivity contribution in [3.63, 3.8) is 0 Å². The zero-order chi connectivity index (χ0) is 26.5. The van der Waals surface area contributed by atoms with Crippen molar-refractivity contribution in [3.05, 3.63) is 59.6 Å². The fraction of sp³-hybridized carbons (Fsp3) is 0.613. The highest BCUT2D eigenvalue weighted by Crippen LogP contribution is 2.74. The maximum Gasteiger partial charge on any atom is 0.333 e. The summed E-state index contributed by atoms with van der Waals surface area (Å²) in [6, 6.07) is 1.98. The quantitative estimate of drug-likeness (QED) is 0.347.